The van der Waals surface area contributed by atoms with Crippen LogP contribution in [0.4, 0.5) is 5.13 Å². The van der Waals surface area contributed by atoms with Crippen LogP contribution in [-0.2, 0) is 16.0 Å². The SMILES string of the molecule is CCOC(=O)c1sc(NC(=O)Cc2cc(OC)c(OC)c(OC)c2)nc1C. The molecule has 0 aliphatic rings. The van der Waals surface area contributed by atoms with E-state index in [9.17, 15) is 9.59 Å². The Bertz CT molecular complexity index is 808. The number of aryl methyl sites for hydroxylation is 1. The molecule has 0 bridgehead atoms. The lowest BCUT2D eigenvalue weighted by molar-refractivity contribution is -0.115. The summed E-state index contributed by atoms with van der Waals surface area (Å²) in [6.07, 6.45) is 0.0735. The molecule has 0 radical (unpaired) electrons. The first-order chi connectivity index (χ1) is 12.9. The van der Waals surface area contributed by atoms with Gasteiger partial charge in [-0.1, -0.05) is 11.3 Å². The second-order valence-corrected chi connectivity index (χ2v) is 6.41. The number of nitrogens with one attached hydrogen (secondary N) is 1. The number of carbonyl (C=O) groups is 2. The van der Waals surface area contributed by atoms with Crippen LogP contribution in [-0.4, -0.2) is 44.8 Å². The molecule has 0 spiro atoms. The highest BCUT2D eigenvalue weighted by molar-refractivity contribution is 7.17. The summed E-state index contributed by atoms with van der Waals surface area (Å²) >= 11 is 1.08. The summed E-state index contributed by atoms with van der Waals surface area (Å²) in [6, 6.07) is 3.41. The molecule has 2 aromatic rings. The third-order valence-electron chi connectivity index (χ3n) is 3.59. The summed E-state index contributed by atoms with van der Waals surface area (Å²) in [5.41, 5.74) is 1.20. The minimum Gasteiger partial charge on any atom is -0.493 e. The molecule has 0 saturated carbocycles. The number of hydrogen-bond acceptors (Lipinski definition) is 8. The molecule has 0 unspecified atom stereocenters. The minimum atomic E-state index is -0.447. The van der Waals surface area contributed by atoms with Crippen molar-refractivity contribution in [2.24, 2.45) is 0 Å². The molecule has 8 nitrogen and oxygen atoms in total. The van der Waals surface area contributed by atoms with Crippen molar-refractivity contribution in [3.8, 4) is 17.2 Å². The number of nitrogens with zero attached hydrogens (tertiary/aromatic N) is 1. The first-order valence-corrected chi connectivity index (χ1v) is 8.98. The number of aromatic nitrogens is 1. The predicted octanol–water partition coefficient (Wildman–Crippen LogP) is 2.84. The number of amides is 1. The average Bonchev–Trinajstić information content (AvgIpc) is 3.00. The molecule has 0 fully saturated rings. The van der Waals surface area contributed by atoms with Crippen LogP contribution in [0, 0.1) is 6.92 Å². The number of thiazole rings is 1. The largest absolute Gasteiger partial charge is 0.493 e. The zero-order valence-corrected chi connectivity index (χ0v) is 16.7. The topological polar surface area (TPSA) is 96.0 Å². The van der Waals surface area contributed by atoms with Gasteiger partial charge in [-0.05, 0) is 31.5 Å². The maximum atomic E-state index is 12.4. The second-order valence-electron chi connectivity index (χ2n) is 5.41. The van der Waals surface area contributed by atoms with Crippen molar-refractivity contribution >= 4 is 28.3 Å². The fraction of sp³-hybridized carbons (Fsp3) is 0.389. The van der Waals surface area contributed by atoms with Crippen LogP contribution in [0.25, 0.3) is 0 Å². The highest BCUT2D eigenvalue weighted by Gasteiger charge is 2.19. The van der Waals surface area contributed by atoms with Crippen molar-refractivity contribution in [1.82, 2.24) is 4.98 Å². The summed E-state index contributed by atoms with van der Waals surface area (Å²) in [5, 5.41) is 3.04. The number of anilines is 1. The summed E-state index contributed by atoms with van der Waals surface area (Å²) in [4.78, 5) is 28.8. The van der Waals surface area contributed by atoms with E-state index in [-0.39, 0.29) is 18.9 Å². The third kappa shape index (κ3) is 4.88. The van der Waals surface area contributed by atoms with Crippen LogP contribution in [0.15, 0.2) is 12.1 Å². The van der Waals surface area contributed by atoms with E-state index in [0.717, 1.165) is 11.3 Å². The van der Waals surface area contributed by atoms with Crippen LogP contribution in [0.5, 0.6) is 17.2 Å². The molecule has 1 aromatic carbocycles. The number of hydrogen-bond donors (Lipinski definition) is 1. The molecule has 1 aromatic heterocycles. The van der Waals surface area contributed by atoms with Crippen molar-refractivity contribution in [1.29, 1.82) is 0 Å². The summed E-state index contributed by atoms with van der Waals surface area (Å²) in [6.45, 7) is 3.70. The lowest BCUT2D eigenvalue weighted by Crippen LogP contribution is -2.14. The van der Waals surface area contributed by atoms with E-state index in [1.165, 1.54) is 21.3 Å². The molecule has 0 saturated heterocycles. The van der Waals surface area contributed by atoms with E-state index >= 15 is 0 Å². The zero-order chi connectivity index (χ0) is 20.0. The number of benzene rings is 1. The molecule has 0 aliphatic carbocycles. The Morgan fingerprint density at radius 1 is 1.11 bits per heavy atom. The Morgan fingerprint density at radius 2 is 1.74 bits per heavy atom. The maximum absolute atomic E-state index is 12.4. The van der Waals surface area contributed by atoms with Crippen molar-refractivity contribution in [3.63, 3.8) is 0 Å². The first-order valence-electron chi connectivity index (χ1n) is 8.16. The van der Waals surface area contributed by atoms with Crippen LogP contribution in [0.1, 0.15) is 27.9 Å². The standard InChI is InChI=1S/C18H22N2O6S/c1-6-26-17(22)16-10(2)19-18(27-16)20-14(21)9-11-7-12(23-3)15(25-5)13(8-11)24-4/h7-8H,6,9H2,1-5H3,(H,19,20,21). The van der Waals surface area contributed by atoms with Crippen molar-refractivity contribution in [2.75, 3.05) is 33.3 Å². The fourth-order valence-corrected chi connectivity index (χ4v) is 3.30. The van der Waals surface area contributed by atoms with Gasteiger partial charge in [-0.15, -0.1) is 0 Å². The van der Waals surface area contributed by atoms with Gasteiger partial charge in [0.2, 0.25) is 11.7 Å². The van der Waals surface area contributed by atoms with Crippen LogP contribution >= 0.6 is 11.3 Å². The molecule has 1 amide bonds. The Balaban J connectivity index is 2.14. The lowest BCUT2D eigenvalue weighted by atomic mass is 10.1. The van der Waals surface area contributed by atoms with Gasteiger partial charge >= 0.3 is 5.97 Å². The molecule has 27 heavy (non-hydrogen) atoms. The quantitative estimate of drug-likeness (QED) is 0.688. The average molecular weight is 394 g/mol. The monoisotopic (exact) mass is 394 g/mol. The molecular weight excluding hydrogens is 372 g/mol. The van der Waals surface area contributed by atoms with E-state index in [2.05, 4.69) is 10.3 Å². The maximum Gasteiger partial charge on any atom is 0.350 e. The molecule has 146 valence electrons. The number of ether oxygens (including phenoxy) is 4. The van der Waals surface area contributed by atoms with Gasteiger partial charge in [0.05, 0.1) is 40.1 Å². The van der Waals surface area contributed by atoms with Gasteiger partial charge in [0.1, 0.15) is 4.88 Å². The molecule has 0 aliphatic heterocycles. The Kier molecular flexibility index (Phi) is 7.00. The molecule has 1 heterocycles. The Hall–Kier alpha value is -2.81. The molecule has 0 atom stereocenters. The van der Waals surface area contributed by atoms with Gasteiger partial charge in [0.15, 0.2) is 16.6 Å². The fourth-order valence-electron chi connectivity index (χ4n) is 2.42. The number of esters is 1. The first kappa shape index (κ1) is 20.5. The minimum absolute atomic E-state index is 0.0735. The highest BCUT2D eigenvalue weighted by Crippen LogP contribution is 2.38. The number of rotatable bonds is 8. The van der Waals surface area contributed by atoms with E-state index in [1.807, 2.05) is 0 Å². The Morgan fingerprint density at radius 3 is 2.26 bits per heavy atom. The normalized spacial score (nSPS) is 10.3. The van der Waals surface area contributed by atoms with Gasteiger partial charge in [0, 0.05) is 0 Å². The van der Waals surface area contributed by atoms with Crippen LogP contribution < -0.4 is 19.5 Å². The summed E-state index contributed by atoms with van der Waals surface area (Å²) < 4.78 is 20.8. The highest BCUT2D eigenvalue weighted by atomic mass is 32.1. The smallest absolute Gasteiger partial charge is 0.350 e. The van der Waals surface area contributed by atoms with E-state index < -0.39 is 5.97 Å². The number of methoxy groups -OCH3 is 3. The van der Waals surface area contributed by atoms with Gasteiger partial charge in [0.25, 0.3) is 0 Å². The van der Waals surface area contributed by atoms with Gasteiger partial charge in [-0.3, -0.25) is 4.79 Å². The van der Waals surface area contributed by atoms with Crippen LogP contribution in [0.2, 0.25) is 0 Å². The molecule has 2 rings (SSSR count). The second kappa shape index (κ2) is 9.22. The van der Waals surface area contributed by atoms with Crippen LogP contribution in [0.3, 0.4) is 0 Å². The predicted molar refractivity (Wildman–Crippen MR) is 101 cm³/mol. The number of carbonyl (C=O) groups excluding carboxylic acids is 2. The van der Waals surface area contributed by atoms with Crippen molar-refractivity contribution in [3.05, 3.63) is 28.3 Å². The van der Waals surface area contributed by atoms with Crippen molar-refractivity contribution in [2.45, 2.75) is 20.3 Å². The molecular formula is C18H22N2O6S. The van der Waals surface area contributed by atoms with Crippen molar-refractivity contribution < 1.29 is 28.5 Å². The lowest BCUT2D eigenvalue weighted by Gasteiger charge is -2.13. The van der Waals surface area contributed by atoms with E-state index in [4.69, 9.17) is 18.9 Å². The van der Waals surface area contributed by atoms with Gasteiger partial charge in [-0.25, -0.2) is 9.78 Å². The summed E-state index contributed by atoms with van der Waals surface area (Å²) in [5.74, 6) is 0.661. The molecule has 1 N–H and O–H groups in total. The third-order valence-corrected chi connectivity index (χ3v) is 4.65. The molecule has 9 heteroatoms. The summed E-state index contributed by atoms with van der Waals surface area (Å²) in [7, 11) is 4.53. The van der Waals surface area contributed by atoms with Gasteiger partial charge < -0.3 is 24.3 Å². The Labute approximate surface area is 161 Å². The van der Waals surface area contributed by atoms with E-state index in [1.54, 1.807) is 26.0 Å². The van der Waals surface area contributed by atoms with E-state index in [0.29, 0.717) is 38.5 Å². The van der Waals surface area contributed by atoms with Gasteiger partial charge in [-0.2, -0.15) is 0 Å². The zero-order valence-electron chi connectivity index (χ0n) is 15.9.